The van der Waals surface area contributed by atoms with Crippen molar-refractivity contribution in [2.75, 3.05) is 0 Å². The zero-order chi connectivity index (χ0) is 8.59. The standard InChI is InChI=1S/C8H8BrIO/c1-4-3-6(11)7(9)5(2)8(4)10/h3,11H,1-2H3. The first-order valence-corrected chi connectivity index (χ1v) is 5.05. The number of phenols is 1. The number of rotatable bonds is 0. The van der Waals surface area contributed by atoms with E-state index >= 15 is 0 Å². The minimum absolute atomic E-state index is 0.320. The molecular weight excluding hydrogens is 319 g/mol. The Hall–Kier alpha value is 0.230. The van der Waals surface area contributed by atoms with Gasteiger partial charge in [0.25, 0.3) is 0 Å². The molecule has 1 rings (SSSR count). The molecule has 1 nitrogen and oxygen atoms in total. The van der Waals surface area contributed by atoms with Crippen LogP contribution in [0.25, 0.3) is 0 Å². The molecule has 3 heteroatoms. The Bertz CT molecular complexity index is 270. The fourth-order valence-corrected chi connectivity index (χ4v) is 2.02. The molecule has 0 spiro atoms. The lowest BCUT2D eigenvalue weighted by atomic mass is 10.1. The van der Waals surface area contributed by atoms with Crippen LogP contribution in [0.5, 0.6) is 5.75 Å². The summed E-state index contributed by atoms with van der Waals surface area (Å²) in [5.41, 5.74) is 2.21. The van der Waals surface area contributed by atoms with E-state index in [9.17, 15) is 5.11 Å². The zero-order valence-electron chi connectivity index (χ0n) is 6.28. The maximum atomic E-state index is 9.36. The van der Waals surface area contributed by atoms with Crippen molar-refractivity contribution in [2.45, 2.75) is 13.8 Å². The summed E-state index contributed by atoms with van der Waals surface area (Å²) in [4.78, 5) is 0. The summed E-state index contributed by atoms with van der Waals surface area (Å²) in [5, 5.41) is 9.36. The van der Waals surface area contributed by atoms with E-state index in [1.165, 1.54) is 3.57 Å². The monoisotopic (exact) mass is 326 g/mol. The molecule has 0 radical (unpaired) electrons. The molecule has 0 bridgehead atoms. The Kier molecular flexibility index (Phi) is 2.80. The van der Waals surface area contributed by atoms with Crippen molar-refractivity contribution in [3.63, 3.8) is 0 Å². The van der Waals surface area contributed by atoms with Crippen molar-refractivity contribution < 1.29 is 5.11 Å². The first kappa shape index (κ1) is 9.32. The van der Waals surface area contributed by atoms with Crippen molar-refractivity contribution in [2.24, 2.45) is 0 Å². The first-order chi connectivity index (χ1) is 5.04. The first-order valence-electron chi connectivity index (χ1n) is 3.18. The molecule has 0 atom stereocenters. The predicted octanol–water partition coefficient (Wildman–Crippen LogP) is 3.38. The normalized spacial score (nSPS) is 10.2. The van der Waals surface area contributed by atoms with Gasteiger partial charge in [0, 0.05) is 3.57 Å². The van der Waals surface area contributed by atoms with Gasteiger partial charge in [-0.3, -0.25) is 0 Å². The molecule has 60 valence electrons. The third-order valence-corrected chi connectivity index (χ3v) is 4.24. The number of hydrogen-bond acceptors (Lipinski definition) is 1. The van der Waals surface area contributed by atoms with Crippen LogP contribution in [0.3, 0.4) is 0 Å². The van der Waals surface area contributed by atoms with Gasteiger partial charge in [-0.25, -0.2) is 0 Å². The van der Waals surface area contributed by atoms with Gasteiger partial charge >= 0.3 is 0 Å². The molecule has 0 aliphatic rings. The van der Waals surface area contributed by atoms with E-state index in [0.29, 0.717) is 5.75 Å². The second-order valence-corrected chi connectivity index (χ2v) is 4.34. The van der Waals surface area contributed by atoms with E-state index in [0.717, 1.165) is 15.6 Å². The number of benzene rings is 1. The minimum atomic E-state index is 0.320. The van der Waals surface area contributed by atoms with E-state index < -0.39 is 0 Å². The van der Waals surface area contributed by atoms with Crippen LogP contribution < -0.4 is 0 Å². The van der Waals surface area contributed by atoms with E-state index in [-0.39, 0.29) is 0 Å². The van der Waals surface area contributed by atoms with Crippen LogP contribution in [0.2, 0.25) is 0 Å². The molecule has 0 aliphatic heterocycles. The van der Waals surface area contributed by atoms with Gasteiger partial charge in [0.05, 0.1) is 4.47 Å². The second kappa shape index (κ2) is 3.31. The van der Waals surface area contributed by atoms with Gasteiger partial charge in [0.15, 0.2) is 0 Å². The van der Waals surface area contributed by atoms with Gasteiger partial charge in [0.2, 0.25) is 0 Å². The number of phenolic OH excluding ortho intramolecular Hbond substituents is 1. The highest BCUT2D eigenvalue weighted by Gasteiger charge is 2.07. The fraction of sp³-hybridized carbons (Fsp3) is 0.250. The zero-order valence-corrected chi connectivity index (χ0v) is 10.0. The average Bonchev–Trinajstić information content (AvgIpc) is 1.97. The molecule has 0 aromatic heterocycles. The van der Waals surface area contributed by atoms with E-state index in [4.69, 9.17) is 0 Å². The van der Waals surface area contributed by atoms with Crippen LogP contribution in [-0.4, -0.2) is 5.11 Å². The van der Waals surface area contributed by atoms with Crippen LogP contribution in [0.4, 0.5) is 0 Å². The van der Waals surface area contributed by atoms with Gasteiger partial charge in [-0.15, -0.1) is 0 Å². The van der Waals surface area contributed by atoms with Crippen molar-refractivity contribution in [1.29, 1.82) is 0 Å². The summed E-state index contributed by atoms with van der Waals surface area (Å²) >= 11 is 5.58. The highest BCUT2D eigenvalue weighted by atomic mass is 127. The molecule has 0 unspecified atom stereocenters. The molecule has 0 aliphatic carbocycles. The summed E-state index contributed by atoms with van der Waals surface area (Å²) in [6, 6.07) is 1.76. The van der Waals surface area contributed by atoms with Crippen molar-refractivity contribution >= 4 is 38.5 Å². The molecule has 1 aromatic carbocycles. The third-order valence-electron chi connectivity index (χ3n) is 1.58. The van der Waals surface area contributed by atoms with Gasteiger partial charge < -0.3 is 5.11 Å². The molecule has 0 heterocycles. The molecule has 1 aromatic rings. The lowest BCUT2D eigenvalue weighted by Crippen LogP contribution is -1.87. The van der Waals surface area contributed by atoms with Crippen molar-refractivity contribution in [1.82, 2.24) is 0 Å². The van der Waals surface area contributed by atoms with E-state index in [1.807, 2.05) is 13.8 Å². The van der Waals surface area contributed by atoms with E-state index in [2.05, 4.69) is 38.5 Å². The lowest BCUT2D eigenvalue weighted by molar-refractivity contribution is 0.470. The van der Waals surface area contributed by atoms with Crippen LogP contribution in [-0.2, 0) is 0 Å². The maximum absolute atomic E-state index is 9.36. The van der Waals surface area contributed by atoms with Crippen molar-refractivity contribution in [3.8, 4) is 5.75 Å². The van der Waals surface area contributed by atoms with Crippen LogP contribution in [0.15, 0.2) is 10.5 Å². The molecule has 0 fully saturated rings. The maximum Gasteiger partial charge on any atom is 0.130 e. The quantitative estimate of drug-likeness (QED) is 0.725. The molecule has 1 N–H and O–H groups in total. The van der Waals surface area contributed by atoms with Crippen LogP contribution >= 0.6 is 38.5 Å². The number of aromatic hydroxyl groups is 1. The fourth-order valence-electron chi connectivity index (χ4n) is 0.916. The second-order valence-electron chi connectivity index (χ2n) is 2.47. The van der Waals surface area contributed by atoms with Gasteiger partial charge in [-0.1, -0.05) is 0 Å². The smallest absolute Gasteiger partial charge is 0.130 e. The topological polar surface area (TPSA) is 20.2 Å². The molecule has 0 amide bonds. The Morgan fingerprint density at radius 3 is 2.55 bits per heavy atom. The Morgan fingerprint density at radius 2 is 2.00 bits per heavy atom. The number of halogens is 2. The SMILES string of the molecule is Cc1cc(O)c(Br)c(C)c1I. The van der Waals surface area contributed by atoms with Crippen LogP contribution in [0.1, 0.15) is 11.1 Å². The highest BCUT2D eigenvalue weighted by Crippen LogP contribution is 2.32. The van der Waals surface area contributed by atoms with Gasteiger partial charge in [-0.05, 0) is 69.6 Å². The highest BCUT2D eigenvalue weighted by molar-refractivity contribution is 14.1. The molecule has 11 heavy (non-hydrogen) atoms. The Balaban J connectivity index is 3.46. The average molecular weight is 327 g/mol. The molecular formula is C8H8BrIO. The van der Waals surface area contributed by atoms with E-state index in [1.54, 1.807) is 6.07 Å². The third kappa shape index (κ3) is 1.69. The largest absolute Gasteiger partial charge is 0.507 e. The minimum Gasteiger partial charge on any atom is -0.507 e. The summed E-state index contributed by atoms with van der Waals surface area (Å²) in [5.74, 6) is 0.320. The van der Waals surface area contributed by atoms with Gasteiger partial charge in [-0.2, -0.15) is 0 Å². The Morgan fingerprint density at radius 1 is 1.45 bits per heavy atom. The number of hydrogen-bond donors (Lipinski definition) is 1. The summed E-state index contributed by atoms with van der Waals surface area (Å²) in [6.45, 7) is 3.97. The van der Waals surface area contributed by atoms with Crippen LogP contribution in [0, 0.1) is 17.4 Å². The summed E-state index contributed by atoms with van der Waals surface area (Å²) < 4.78 is 2.00. The number of aryl methyl sites for hydroxylation is 1. The lowest BCUT2D eigenvalue weighted by Gasteiger charge is -2.06. The summed E-state index contributed by atoms with van der Waals surface area (Å²) in [7, 11) is 0. The predicted molar refractivity (Wildman–Crippen MR) is 58.0 cm³/mol. The summed E-state index contributed by atoms with van der Waals surface area (Å²) in [6.07, 6.45) is 0. The van der Waals surface area contributed by atoms with Gasteiger partial charge in [0.1, 0.15) is 5.75 Å². The van der Waals surface area contributed by atoms with Crippen molar-refractivity contribution in [3.05, 3.63) is 25.2 Å². The Labute approximate surface area is 88.1 Å². The molecule has 0 saturated carbocycles. The molecule has 0 saturated heterocycles.